The van der Waals surface area contributed by atoms with E-state index in [1.54, 1.807) is 6.08 Å². The molecule has 6 heteroatoms. The molecule has 0 radical (unpaired) electrons. The van der Waals surface area contributed by atoms with Gasteiger partial charge in [-0.05, 0) is 26.7 Å². The predicted octanol–water partition coefficient (Wildman–Crippen LogP) is 0.915. The molecule has 20 heavy (non-hydrogen) atoms. The zero-order valence-electron chi connectivity index (χ0n) is 12.1. The summed E-state index contributed by atoms with van der Waals surface area (Å²) in [7, 11) is 0. The topological polar surface area (TPSA) is 96.2 Å². The Morgan fingerprint density at radius 1 is 1.35 bits per heavy atom. The quantitative estimate of drug-likeness (QED) is 0.629. The number of carboxylic acids is 1. The largest absolute Gasteiger partial charge is 0.478 e. The van der Waals surface area contributed by atoms with Crippen LogP contribution in [0.15, 0.2) is 12.2 Å². The molecule has 3 N–H and O–H groups in total. The monoisotopic (exact) mass is 288 g/mol. The van der Waals surface area contributed by atoms with E-state index in [0.29, 0.717) is 12.8 Å². The summed E-state index contributed by atoms with van der Waals surface area (Å²) < 4.78 is 11.1. The second-order valence-corrected chi connectivity index (χ2v) is 5.31. The Bertz CT molecular complexity index is 343. The van der Waals surface area contributed by atoms with E-state index < -0.39 is 24.5 Å². The van der Waals surface area contributed by atoms with Gasteiger partial charge in [0, 0.05) is 12.0 Å². The fourth-order valence-electron chi connectivity index (χ4n) is 2.09. The first kappa shape index (κ1) is 17.1. The zero-order chi connectivity index (χ0) is 15.3. The summed E-state index contributed by atoms with van der Waals surface area (Å²) in [6, 6.07) is 0. The molecule has 0 saturated carbocycles. The highest BCUT2D eigenvalue weighted by Gasteiger charge is 2.41. The smallest absolute Gasteiger partial charge is 0.327 e. The summed E-state index contributed by atoms with van der Waals surface area (Å²) >= 11 is 0. The molecule has 0 unspecified atom stereocenters. The van der Waals surface area contributed by atoms with Crippen LogP contribution in [-0.2, 0) is 14.3 Å². The van der Waals surface area contributed by atoms with Crippen LogP contribution >= 0.6 is 0 Å². The van der Waals surface area contributed by atoms with E-state index in [1.807, 2.05) is 20.8 Å². The lowest BCUT2D eigenvalue weighted by atomic mass is 9.92. The van der Waals surface area contributed by atoms with Gasteiger partial charge in [0.15, 0.2) is 6.29 Å². The van der Waals surface area contributed by atoms with Crippen molar-refractivity contribution in [1.82, 2.24) is 0 Å². The Hall–Kier alpha value is -0.950. The number of aliphatic hydroxyl groups is 2. The fourth-order valence-corrected chi connectivity index (χ4v) is 2.09. The van der Waals surface area contributed by atoms with Crippen molar-refractivity contribution in [2.75, 3.05) is 0 Å². The number of hydrogen-bond donors (Lipinski definition) is 3. The van der Waals surface area contributed by atoms with Crippen LogP contribution in [0.3, 0.4) is 0 Å². The van der Waals surface area contributed by atoms with Crippen molar-refractivity contribution in [2.45, 2.75) is 64.3 Å². The molecule has 1 fully saturated rings. The van der Waals surface area contributed by atoms with E-state index in [2.05, 4.69) is 0 Å². The van der Waals surface area contributed by atoms with Gasteiger partial charge < -0.3 is 24.8 Å². The SMILES string of the molecule is C[C@@H]1[C@@H](O)[C@@H](O)[C@H](O[C@H](C)CC/C=C/C(=O)O)O[C@H]1C. The lowest BCUT2D eigenvalue weighted by molar-refractivity contribution is -0.291. The summed E-state index contributed by atoms with van der Waals surface area (Å²) in [5, 5.41) is 28.3. The number of ether oxygens (including phenoxy) is 2. The van der Waals surface area contributed by atoms with Crippen LogP contribution in [0.25, 0.3) is 0 Å². The van der Waals surface area contributed by atoms with Gasteiger partial charge in [0.25, 0.3) is 0 Å². The minimum Gasteiger partial charge on any atom is -0.478 e. The molecule has 0 bridgehead atoms. The summed E-state index contributed by atoms with van der Waals surface area (Å²) in [6.07, 6.45) is 0.613. The van der Waals surface area contributed by atoms with Gasteiger partial charge in [0.2, 0.25) is 0 Å². The number of hydrogen-bond acceptors (Lipinski definition) is 5. The zero-order valence-corrected chi connectivity index (χ0v) is 12.1. The van der Waals surface area contributed by atoms with Crippen LogP contribution in [0.4, 0.5) is 0 Å². The Morgan fingerprint density at radius 2 is 2.00 bits per heavy atom. The van der Waals surface area contributed by atoms with Gasteiger partial charge in [-0.15, -0.1) is 0 Å². The van der Waals surface area contributed by atoms with Crippen LogP contribution in [0.1, 0.15) is 33.6 Å². The molecule has 0 aliphatic carbocycles. The first-order chi connectivity index (χ1) is 9.32. The third-order valence-electron chi connectivity index (χ3n) is 3.62. The van der Waals surface area contributed by atoms with Crippen molar-refractivity contribution in [3.05, 3.63) is 12.2 Å². The van der Waals surface area contributed by atoms with Gasteiger partial charge in [-0.1, -0.05) is 13.0 Å². The van der Waals surface area contributed by atoms with Crippen molar-refractivity contribution < 1.29 is 29.6 Å². The summed E-state index contributed by atoms with van der Waals surface area (Å²) in [6.45, 7) is 5.46. The Morgan fingerprint density at radius 3 is 2.60 bits per heavy atom. The minimum atomic E-state index is -1.07. The average Bonchev–Trinajstić information content (AvgIpc) is 2.38. The second kappa shape index (κ2) is 7.73. The maximum absolute atomic E-state index is 10.3. The van der Waals surface area contributed by atoms with Gasteiger partial charge in [0.05, 0.1) is 18.3 Å². The fraction of sp³-hybridized carbons (Fsp3) is 0.786. The molecule has 0 spiro atoms. The van der Waals surface area contributed by atoms with E-state index in [0.717, 1.165) is 6.08 Å². The maximum Gasteiger partial charge on any atom is 0.327 e. The molecule has 1 aliphatic rings. The Balaban J connectivity index is 2.41. The van der Waals surface area contributed by atoms with Gasteiger partial charge in [-0.2, -0.15) is 0 Å². The van der Waals surface area contributed by atoms with E-state index >= 15 is 0 Å². The molecular formula is C14H24O6. The third kappa shape index (κ3) is 4.86. The second-order valence-electron chi connectivity index (χ2n) is 5.31. The van der Waals surface area contributed by atoms with Crippen molar-refractivity contribution in [3.63, 3.8) is 0 Å². The molecule has 1 aliphatic heterocycles. The Labute approximate surface area is 119 Å². The highest BCUT2D eigenvalue weighted by Crippen LogP contribution is 2.27. The van der Waals surface area contributed by atoms with Gasteiger partial charge >= 0.3 is 5.97 Å². The van der Waals surface area contributed by atoms with E-state index in [4.69, 9.17) is 14.6 Å². The van der Waals surface area contributed by atoms with E-state index in [1.165, 1.54) is 0 Å². The predicted molar refractivity (Wildman–Crippen MR) is 72.1 cm³/mol. The first-order valence-electron chi connectivity index (χ1n) is 6.89. The number of carbonyl (C=O) groups is 1. The number of allylic oxidation sites excluding steroid dienone is 1. The van der Waals surface area contributed by atoms with Crippen LogP contribution in [0, 0.1) is 5.92 Å². The summed E-state index contributed by atoms with van der Waals surface area (Å²) in [5.74, 6) is -1.13. The van der Waals surface area contributed by atoms with Gasteiger partial charge in [-0.3, -0.25) is 0 Å². The van der Waals surface area contributed by atoms with Crippen molar-refractivity contribution in [3.8, 4) is 0 Å². The lowest BCUT2D eigenvalue weighted by Crippen LogP contribution is -2.54. The molecule has 6 atom stereocenters. The average molecular weight is 288 g/mol. The van der Waals surface area contributed by atoms with Crippen LogP contribution in [-0.4, -0.2) is 52.0 Å². The Kier molecular flexibility index (Phi) is 6.61. The van der Waals surface area contributed by atoms with Gasteiger partial charge in [0.1, 0.15) is 6.10 Å². The molecule has 1 rings (SSSR count). The molecule has 0 aromatic carbocycles. The minimum absolute atomic E-state index is 0.154. The maximum atomic E-state index is 10.3. The van der Waals surface area contributed by atoms with Crippen molar-refractivity contribution in [1.29, 1.82) is 0 Å². The molecule has 1 heterocycles. The van der Waals surface area contributed by atoms with Crippen molar-refractivity contribution >= 4 is 5.97 Å². The standard InChI is InChI=1S/C14H24O6/c1-8(6-4-5-7-11(15)16)19-14-13(18)12(17)9(2)10(3)20-14/h5,7-10,12-14,17-18H,4,6H2,1-3H3,(H,15,16)/b7-5+/t8-,9+,10+,12-,13-,14-/m1/s1. The number of carboxylic acid groups (broad SMARTS) is 1. The summed E-state index contributed by atoms with van der Waals surface area (Å²) in [4.78, 5) is 10.3. The number of aliphatic carboxylic acids is 1. The van der Waals surface area contributed by atoms with Gasteiger partial charge in [-0.25, -0.2) is 4.79 Å². The van der Waals surface area contributed by atoms with Crippen LogP contribution in [0.2, 0.25) is 0 Å². The molecule has 1 saturated heterocycles. The number of aliphatic hydroxyl groups excluding tert-OH is 2. The van der Waals surface area contributed by atoms with E-state index in [-0.39, 0.29) is 18.1 Å². The molecule has 0 aromatic rings. The normalized spacial score (nSPS) is 36.1. The molecular weight excluding hydrogens is 264 g/mol. The van der Waals surface area contributed by atoms with Crippen LogP contribution < -0.4 is 0 Å². The highest BCUT2D eigenvalue weighted by molar-refractivity contribution is 5.79. The molecule has 0 amide bonds. The van der Waals surface area contributed by atoms with Crippen LogP contribution in [0.5, 0.6) is 0 Å². The molecule has 0 aromatic heterocycles. The molecule has 116 valence electrons. The molecule has 6 nitrogen and oxygen atoms in total. The third-order valence-corrected chi connectivity index (χ3v) is 3.62. The lowest BCUT2D eigenvalue weighted by Gasteiger charge is -2.40. The summed E-state index contributed by atoms with van der Waals surface area (Å²) in [5.41, 5.74) is 0. The highest BCUT2D eigenvalue weighted by atomic mass is 16.7. The first-order valence-corrected chi connectivity index (χ1v) is 6.89. The number of rotatable bonds is 6. The van der Waals surface area contributed by atoms with E-state index in [9.17, 15) is 15.0 Å². The van der Waals surface area contributed by atoms with Crippen molar-refractivity contribution in [2.24, 2.45) is 5.92 Å².